The molecule has 0 saturated heterocycles. The number of fused-ring (bicyclic) bond motifs is 1. The van der Waals surface area contributed by atoms with Gasteiger partial charge in [-0.1, -0.05) is 41.9 Å². The first-order chi connectivity index (χ1) is 9.72. The predicted molar refractivity (Wildman–Crippen MR) is 85.3 cm³/mol. The van der Waals surface area contributed by atoms with E-state index in [2.05, 4.69) is 29.4 Å². The van der Waals surface area contributed by atoms with Crippen molar-refractivity contribution in [2.75, 3.05) is 5.32 Å². The van der Waals surface area contributed by atoms with Crippen LogP contribution in [0.3, 0.4) is 0 Å². The van der Waals surface area contributed by atoms with Gasteiger partial charge >= 0.3 is 0 Å². The van der Waals surface area contributed by atoms with Crippen molar-refractivity contribution in [3.63, 3.8) is 0 Å². The monoisotopic (exact) mass is 282 g/mol. The van der Waals surface area contributed by atoms with Crippen LogP contribution in [0.4, 0.5) is 5.82 Å². The lowest BCUT2D eigenvalue weighted by Gasteiger charge is -2.10. The Labute approximate surface area is 123 Å². The van der Waals surface area contributed by atoms with Crippen LogP contribution in [0.15, 0.2) is 54.6 Å². The third kappa shape index (κ3) is 2.75. The third-order valence-corrected chi connectivity index (χ3v) is 3.54. The van der Waals surface area contributed by atoms with Crippen molar-refractivity contribution < 1.29 is 0 Å². The normalized spacial score (nSPS) is 10.7. The smallest absolute Gasteiger partial charge is 0.129 e. The number of para-hydroxylation sites is 1. The van der Waals surface area contributed by atoms with Crippen LogP contribution < -0.4 is 5.32 Å². The first-order valence-electron chi connectivity index (χ1n) is 6.57. The summed E-state index contributed by atoms with van der Waals surface area (Å²) in [6.07, 6.45) is 0. The summed E-state index contributed by atoms with van der Waals surface area (Å²) in [7, 11) is 0. The van der Waals surface area contributed by atoms with E-state index in [4.69, 9.17) is 11.6 Å². The number of hydrogen-bond donors (Lipinski definition) is 1. The number of benzene rings is 2. The second-order valence-electron chi connectivity index (χ2n) is 4.83. The molecule has 100 valence electrons. The lowest BCUT2D eigenvalue weighted by Crippen LogP contribution is -2.03. The van der Waals surface area contributed by atoms with Gasteiger partial charge < -0.3 is 5.32 Å². The van der Waals surface area contributed by atoms with Gasteiger partial charge in [0.1, 0.15) is 5.82 Å². The second-order valence-corrected chi connectivity index (χ2v) is 5.26. The Morgan fingerprint density at radius 3 is 2.60 bits per heavy atom. The van der Waals surface area contributed by atoms with E-state index in [1.807, 2.05) is 42.5 Å². The average Bonchev–Trinajstić information content (AvgIpc) is 2.47. The van der Waals surface area contributed by atoms with Crippen molar-refractivity contribution in [3.05, 3.63) is 70.7 Å². The fourth-order valence-electron chi connectivity index (χ4n) is 2.19. The largest absolute Gasteiger partial charge is 0.366 e. The lowest BCUT2D eigenvalue weighted by molar-refractivity contribution is 1.11. The summed E-state index contributed by atoms with van der Waals surface area (Å²) in [5.41, 5.74) is 3.35. The summed E-state index contributed by atoms with van der Waals surface area (Å²) >= 11 is 5.89. The molecule has 3 heteroatoms. The Hall–Kier alpha value is -2.06. The molecule has 0 aliphatic carbocycles. The van der Waals surface area contributed by atoms with Gasteiger partial charge in [0.05, 0.1) is 5.52 Å². The van der Waals surface area contributed by atoms with E-state index in [1.165, 1.54) is 10.9 Å². The molecule has 0 spiro atoms. The minimum Gasteiger partial charge on any atom is -0.366 e. The molecular weight excluding hydrogens is 268 g/mol. The molecule has 0 unspecified atom stereocenters. The van der Waals surface area contributed by atoms with Gasteiger partial charge in [-0.2, -0.15) is 0 Å². The standard InChI is InChI=1S/C17H15ClN2/c1-12-10-14-4-2-3-5-16(14)20-17(12)19-11-13-6-8-15(18)9-7-13/h2-10H,11H2,1H3,(H,19,20). The second kappa shape index (κ2) is 5.51. The zero-order valence-electron chi connectivity index (χ0n) is 11.2. The van der Waals surface area contributed by atoms with E-state index in [0.29, 0.717) is 0 Å². The molecule has 0 fully saturated rings. The summed E-state index contributed by atoms with van der Waals surface area (Å²) in [4.78, 5) is 4.67. The number of nitrogens with zero attached hydrogens (tertiary/aromatic N) is 1. The molecule has 1 heterocycles. The highest BCUT2D eigenvalue weighted by molar-refractivity contribution is 6.30. The number of halogens is 1. The molecule has 0 atom stereocenters. The van der Waals surface area contributed by atoms with Crippen molar-refractivity contribution in [3.8, 4) is 0 Å². The Kier molecular flexibility index (Phi) is 3.57. The Bertz CT molecular complexity index is 736. The fourth-order valence-corrected chi connectivity index (χ4v) is 2.31. The lowest BCUT2D eigenvalue weighted by atomic mass is 10.1. The molecule has 0 radical (unpaired) electrons. The van der Waals surface area contributed by atoms with Crippen LogP contribution in [0.5, 0.6) is 0 Å². The highest BCUT2D eigenvalue weighted by Crippen LogP contribution is 2.20. The number of rotatable bonds is 3. The van der Waals surface area contributed by atoms with Gasteiger partial charge in [0.15, 0.2) is 0 Å². The molecular formula is C17H15ClN2. The zero-order valence-corrected chi connectivity index (χ0v) is 12.0. The van der Waals surface area contributed by atoms with Crippen LogP contribution in [0.2, 0.25) is 5.02 Å². The summed E-state index contributed by atoms with van der Waals surface area (Å²) in [5, 5.41) is 5.31. The molecule has 3 aromatic rings. The number of nitrogens with one attached hydrogen (secondary N) is 1. The number of pyridine rings is 1. The minimum atomic E-state index is 0.739. The van der Waals surface area contributed by atoms with Gasteiger partial charge in [0.2, 0.25) is 0 Å². The molecule has 0 aliphatic heterocycles. The molecule has 2 aromatic carbocycles. The number of aromatic nitrogens is 1. The van der Waals surface area contributed by atoms with Crippen LogP contribution in [0, 0.1) is 6.92 Å². The summed E-state index contributed by atoms with van der Waals surface area (Å²) in [6.45, 7) is 2.81. The van der Waals surface area contributed by atoms with Crippen molar-refractivity contribution in [2.45, 2.75) is 13.5 Å². The van der Waals surface area contributed by atoms with Crippen molar-refractivity contribution in [1.82, 2.24) is 4.98 Å². The van der Waals surface area contributed by atoms with Gasteiger partial charge in [0.25, 0.3) is 0 Å². The van der Waals surface area contributed by atoms with E-state index in [-0.39, 0.29) is 0 Å². The Morgan fingerprint density at radius 1 is 1.05 bits per heavy atom. The van der Waals surface area contributed by atoms with Gasteiger partial charge in [-0.25, -0.2) is 4.98 Å². The molecule has 0 aliphatic rings. The SMILES string of the molecule is Cc1cc2ccccc2nc1NCc1ccc(Cl)cc1. The third-order valence-electron chi connectivity index (χ3n) is 3.29. The van der Waals surface area contributed by atoms with Crippen molar-refractivity contribution in [1.29, 1.82) is 0 Å². The number of aryl methyl sites for hydroxylation is 1. The van der Waals surface area contributed by atoms with Crippen LogP contribution in [0.1, 0.15) is 11.1 Å². The maximum Gasteiger partial charge on any atom is 0.129 e. The van der Waals surface area contributed by atoms with Crippen molar-refractivity contribution in [2.24, 2.45) is 0 Å². The van der Waals surface area contributed by atoms with Crippen LogP contribution in [-0.4, -0.2) is 4.98 Å². The number of hydrogen-bond acceptors (Lipinski definition) is 2. The molecule has 1 aromatic heterocycles. The summed E-state index contributed by atoms with van der Waals surface area (Å²) in [5.74, 6) is 0.929. The Balaban J connectivity index is 1.83. The molecule has 3 rings (SSSR count). The van der Waals surface area contributed by atoms with Crippen LogP contribution in [0.25, 0.3) is 10.9 Å². The summed E-state index contributed by atoms with van der Waals surface area (Å²) in [6, 6.07) is 18.2. The molecule has 0 bridgehead atoms. The number of anilines is 1. The fraction of sp³-hybridized carbons (Fsp3) is 0.118. The molecule has 0 amide bonds. The molecule has 1 N–H and O–H groups in total. The van der Waals surface area contributed by atoms with E-state index in [0.717, 1.165) is 28.5 Å². The molecule has 0 saturated carbocycles. The van der Waals surface area contributed by atoms with E-state index in [1.54, 1.807) is 0 Å². The highest BCUT2D eigenvalue weighted by Gasteiger charge is 2.03. The summed E-state index contributed by atoms with van der Waals surface area (Å²) < 4.78 is 0. The van der Waals surface area contributed by atoms with Gasteiger partial charge in [-0.3, -0.25) is 0 Å². The zero-order chi connectivity index (χ0) is 13.9. The average molecular weight is 283 g/mol. The molecule has 2 nitrogen and oxygen atoms in total. The maximum atomic E-state index is 5.89. The van der Waals surface area contributed by atoms with Crippen LogP contribution in [-0.2, 0) is 6.54 Å². The minimum absolute atomic E-state index is 0.739. The Morgan fingerprint density at radius 2 is 1.80 bits per heavy atom. The van der Waals surface area contributed by atoms with E-state index < -0.39 is 0 Å². The van der Waals surface area contributed by atoms with Gasteiger partial charge in [-0.05, 0) is 42.3 Å². The van der Waals surface area contributed by atoms with E-state index >= 15 is 0 Å². The first-order valence-corrected chi connectivity index (χ1v) is 6.95. The molecule has 20 heavy (non-hydrogen) atoms. The van der Waals surface area contributed by atoms with Crippen LogP contribution >= 0.6 is 11.6 Å². The van der Waals surface area contributed by atoms with Crippen molar-refractivity contribution >= 4 is 28.3 Å². The first kappa shape index (κ1) is 12.9. The van der Waals surface area contributed by atoms with Gasteiger partial charge in [-0.15, -0.1) is 0 Å². The van der Waals surface area contributed by atoms with E-state index in [9.17, 15) is 0 Å². The predicted octanol–water partition coefficient (Wildman–Crippen LogP) is 4.81. The topological polar surface area (TPSA) is 24.9 Å². The van der Waals surface area contributed by atoms with Gasteiger partial charge in [0, 0.05) is 17.0 Å². The quantitative estimate of drug-likeness (QED) is 0.746. The maximum absolute atomic E-state index is 5.89. The highest BCUT2D eigenvalue weighted by atomic mass is 35.5.